The highest BCUT2D eigenvalue weighted by atomic mass is 32.2. The van der Waals surface area contributed by atoms with Gasteiger partial charge in [-0.2, -0.15) is 0 Å². The Morgan fingerprint density at radius 2 is 1.81 bits per heavy atom. The normalized spacial score (nSPS) is 12.5. The fraction of sp³-hybridized carbons (Fsp3) is 0.294. The maximum atomic E-state index is 12.7. The molecule has 0 aromatic heterocycles. The molecule has 140 valence electrons. The molecule has 0 fully saturated rings. The molecule has 2 rings (SSSR count). The van der Waals surface area contributed by atoms with Crippen molar-refractivity contribution in [2.75, 3.05) is 14.2 Å². The van der Waals surface area contributed by atoms with Gasteiger partial charge in [0.2, 0.25) is 10.0 Å². The quantitative estimate of drug-likeness (QED) is 0.584. The molecule has 2 aromatic carbocycles. The van der Waals surface area contributed by atoms with Crippen molar-refractivity contribution in [1.82, 2.24) is 4.72 Å². The SMILES string of the molecule is COc1ccc(OC)c([C@@H](C)NS(=O)(=O)c2ccc(C)c([N+](=O)[O-])c2)c1. The molecule has 0 bridgehead atoms. The standard InChI is InChI=1S/C17H20N2O6S/c1-11-5-7-14(10-16(11)19(20)21)26(22,23)18-12(2)15-9-13(24-3)6-8-17(15)25-4/h5-10,12,18H,1-4H3/t12-/m1/s1. The van der Waals surface area contributed by atoms with Gasteiger partial charge in [0.1, 0.15) is 11.5 Å². The zero-order chi connectivity index (χ0) is 19.5. The van der Waals surface area contributed by atoms with Crippen molar-refractivity contribution in [3.8, 4) is 11.5 Å². The first-order chi connectivity index (χ1) is 12.2. The number of nitro benzene ring substituents is 1. The largest absolute Gasteiger partial charge is 0.497 e. The fourth-order valence-electron chi connectivity index (χ4n) is 2.50. The summed E-state index contributed by atoms with van der Waals surface area (Å²) in [6.45, 7) is 3.20. The minimum atomic E-state index is -3.98. The highest BCUT2D eigenvalue weighted by molar-refractivity contribution is 7.89. The molecule has 26 heavy (non-hydrogen) atoms. The van der Waals surface area contributed by atoms with Crippen LogP contribution in [0.3, 0.4) is 0 Å². The summed E-state index contributed by atoms with van der Waals surface area (Å²) in [6.07, 6.45) is 0. The van der Waals surface area contributed by atoms with Gasteiger partial charge in [0, 0.05) is 23.2 Å². The molecule has 0 saturated heterocycles. The summed E-state index contributed by atoms with van der Waals surface area (Å²) >= 11 is 0. The first-order valence-corrected chi connectivity index (χ1v) is 9.17. The van der Waals surface area contributed by atoms with Gasteiger partial charge in [0.25, 0.3) is 5.69 Å². The Labute approximate surface area is 152 Å². The zero-order valence-corrected chi connectivity index (χ0v) is 15.7. The first-order valence-electron chi connectivity index (χ1n) is 7.69. The number of nitrogens with one attached hydrogen (secondary N) is 1. The van der Waals surface area contributed by atoms with E-state index < -0.39 is 21.0 Å². The maximum Gasteiger partial charge on any atom is 0.273 e. The Kier molecular flexibility index (Phi) is 5.83. The lowest BCUT2D eigenvalue weighted by molar-refractivity contribution is -0.385. The average Bonchev–Trinajstić information content (AvgIpc) is 2.60. The van der Waals surface area contributed by atoms with E-state index in [-0.39, 0.29) is 10.6 Å². The van der Waals surface area contributed by atoms with Gasteiger partial charge in [0.15, 0.2) is 0 Å². The summed E-state index contributed by atoms with van der Waals surface area (Å²) in [7, 11) is -0.988. The van der Waals surface area contributed by atoms with Gasteiger partial charge in [-0.1, -0.05) is 6.07 Å². The molecule has 0 radical (unpaired) electrons. The van der Waals surface area contributed by atoms with Crippen LogP contribution in [0.25, 0.3) is 0 Å². The van der Waals surface area contributed by atoms with Crippen molar-refractivity contribution in [3.05, 3.63) is 57.6 Å². The Bertz CT molecular complexity index is 927. The summed E-state index contributed by atoms with van der Waals surface area (Å²) in [5.74, 6) is 1.05. The van der Waals surface area contributed by atoms with Crippen LogP contribution in [-0.4, -0.2) is 27.6 Å². The van der Waals surface area contributed by atoms with E-state index in [4.69, 9.17) is 9.47 Å². The number of aryl methyl sites for hydroxylation is 1. The van der Waals surface area contributed by atoms with Gasteiger partial charge in [-0.3, -0.25) is 10.1 Å². The predicted molar refractivity (Wildman–Crippen MR) is 96.1 cm³/mol. The smallest absolute Gasteiger partial charge is 0.273 e. The molecule has 8 nitrogen and oxygen atoms in total. The predicted octanol–water partition coefficient (Wildman–Crippen LogP) is 2.96. The highest BCUT2D eigenvalue weighted by Crippen LogP contribution is 2.30. The van der Waals surface area contributed by atoms with E-state index in [1.807, 2.05) is 0 Å². The molecule has 0 aliphatic heterocycles. The van der Waals surface area contributed by atoms with E-state index in [1.54, 1.807) is 32.0 Å². The summed E-state index contributed by atoms with van der Waals surface area (Å²) in [6, 6.07) is 8.19. The van der Waals surface area contributed by atoms with Crippen molar-refractivity contribution in [3.63, 3.8) is 0 Å². The molecule has 0 heterocycles. The number of methoxy groups -OCH3 is 2. The molecule has 0 aliphatic carbocycles. The third-order valence-corrected chi connectivity index (χ3v) is 5.46. The van der Waals surface area contributed by atoms with Gasteiger partial charge in [-0.25, -0.2) is 13.1 Å². The van der Waals surface area contributed by atoms with Crippen LogP contribution in [0.4, 0.5) is 5.69 Å². The molecule has 1 N–H and O–H groups in total. The van der Waals surface area contributed by atoms with Gasteiger partial charge >= 0.3 is 0 Å². The second kappa shape index (κ2) is 7.71. The number of benzene rings is 2. The molecule has 0 spiro atoms. The number of nitro groups is 1. The van der Waals surface area contributed by atoms with Crippen LogP contribution >= 0.6 is 0 Å². The second-order valence-electron chi connectivity index (χ2n) is 5.66. The molecule has 0 unspecified atom stereocenters. The first kappa shape index (κ1) is 19.7. The Morgan fingerprint density at radius 3 is 2.38 bits per heavy atom. The molecule has 9 heteroatoms. The van der Waals surface area contributed by atoms with E-state index in [2.05, 4.69) is 4.72 Å². The van der Waals surface area contributed by atoms with Crippen molar-refractivity contribution < 1.29 is 22.8 Å². The minimum absolute atomic E-state index is 0.177. The third-order valence-electron chi connectivity index (χ3n) is 3.92. The summed E-state index contributed by atoms with van der Waals surface area (Å²) in [5.41, 5.74) is 0.716. The molecule has 0 saturated carbocycles. The van der Waals surface area contributed by atoms with Crippen molar-refractivity contribution >= 4 is 15.7 Å². The van der Waals surface area contributed by atoms with Crippen LogP contribution in [-0.2, 0) is 10.0 Å². The highest BCUT2D eigenvalue weighted by Gasteiger charge is 2.23. The van der Waals surface area contributed by atoms with Crippen molar-refractivity contribution in [1.29, 1.82) is 0 Å². The van der Waals surface area contributed by atoms with E-state index in [0.717, 1.165) is 6.07 Å². The third kappa shape index (κ3) is 4.12. The van der Waals surface area contributed by atoms with E-state index >= 15 is 0 Å². The lowest BCUT2D eigenvalue weighted by atomic mass is 10.1. The number of ether oxygens (including phenoxy) is 2. The lowest BCUT2D eigenvalue weighted by Gasteiger charge is -2.18. The molecule has 0 amide bonds. The monoisotopic (exact) mass is 380 g/mol. The number of nitrogens with zero attached hydrogens (tertiary/aromatic N) is 1. The zero-order valence-electron chi connectivity index (χ0n) is 14.8. The number of hydrogen-bond donors (Lipinski definition) is 1. The number of rotatable bonds is 7. The molecule has 1 atom stereocenters. The lowest BCUT2D eigenvalue weighted by Crippen LogP contribution is -2.27. The number of hydrogen-bond acceptors (Lipinski definition) is 6. The molecule has 0 aliphatic rings. The molecular formula is C17H20N2O6S. The van der Waals surface area contributed by atoms with Gasteiger partial charge < -0.3 is 9.47 Å². The topological polar surface area (TPSA) is 108 Å². The van der Waals surface area contributed by atoms with Crippen LogP contribution in [0, 0.1) is 17.0 Å². The Hall–Kier alpha value is -2.65. The van der Waals surface area contributed by atoms with E-state index in [1.165, 1.54) is 26.4 Å². The Balaban J connectivity index is 2.38. The molecular weight excluding hydrogens is 360 g/mol. The summed E-state index contributed by atoms with van der Waals surface area (Å²) < 4.78 is 38.3. The molecule has 2 aromatic rings. The van der Waals surface area contributed by atoms with Crippen molar-refractivity contribution in [2.45, 2.75) is 24.8 Å². The Morgan fingerprint density at radius 1 is 1.12 bits per heavy atom. The van der Waals surface area contributed by atoms with Crippen LogP contribution in [0.1, 0.15) is 24.1 Å². The van der Waals surface area contributed by atoms with Gasteiger partial charge in [-0.15, -0.1) is 0 Å². The van der Waals surface area contributed by atoms with E-state index in [9.17, 15) is 18.5 Å². The summed E-state index contributed by atoms with van der Waals surface area (Å²) in [4.78, 5) is 10.3. The van der Waals surface area contributed by atoms with Crippen LogP contribution in [0.5, 0.6) is 11.5 Å². The van der Waals surface area contributed by atoms with Crippen LogP contribution < -0.4 is 14.2 Å². The average molecular weight is 380 g/mol. The van der Waals surface area contributed by atoms with Crippen LogP contribution in [0.15, 0.2) is 41.3 Å². The van der Waals surface area contributed by atoms with E-state index in [0.29, 0.717) is 22.6 Å². The van der Waals surface area contributed by atoms with Crippen molar-refractivity contribution in [2.24, 2.45) is 0 Å². The minimum Gasteiger partial charge on any atom is -0.497 e. The van der Waals surface area contributed by atoms with Gasteiger partial charge in [-0.05, 0) is 38.1 Å². The number of sulfonamides is 1. The second-order valence-corrected chi connectivity index (χ2v) is 7.37. The van der Waals surface area contributed by atoms with Gasteiger partial charge in [0.05, 0.1) is 24.0 Å². The van der Waals surface area contributed by atoms with Crippen LogP contribution in [0.2, 0.25) is 0 Å². The maximum absolute atomic E-state index is 12.7. The summed E-state index contributed by atoms with van der Waals surface area (Å²) in [5, 5.41) is 11.1. The fourth-order valence-corrected chi connectivity index (χ4v) is 3.74.